The average molecular weight is 449 g/mol. The Morgan fingerprint density at radius 3 is 2.61 bits per heavy atom. The predicted molar refractivity (Wildman–Crippen MR) is 123 cm³/mol. The summed E-state index contributed by atoms with van der Waals surface area (Å²) >= 11 is 7.45. The molecule has 0 saturated carbocycles. The number of amides is 2. The second-order valence-corrected chi connectivity index (χ2v) is 8.71. The highest BCUT2D eigenvalue weighted by molar-refractivity contribution is 7.21. The highest BCUT2D eigenvalue weighted by atomic mass is 35.5. The molecule has 0 aliphatic carbocycles. The van der Waals surface area contributed by atoms with Crippen LogP contribution in [-0.4, -0.2) is 28.3 Å². The standard InChI is InChI=1S/C23H17ClN4O2S/c24-16-5-9-18(10-6-16)28-13-15(12-20(28)29)21(30)26-17-7-3-14(4-8-17)22-27-19-2-1-11-25-23(19)31-22/h1-11,15H,12-13H2,(H,26,30). The molecule has 8 heteroatoms. The normalized spacial score (nSPS) is 16.1. The quantitative estimate of drug-likeness (QED) is 0.476. The Balaban J connectivity index is 1.26. The van der Waals surface area contributed by atoms with Gasteiger partial charge in [-0.25, -0.2) is 9.97 Å². The number of thiazole rings is 1. The first-order valence-electron chi connectivity index (χ1n) is 9.75. The number of rotatable bonds is 4. The van der Waals surface area contributed by atoms with E-state index in [9.17, 15) is 9.59 Å². The van der Waals surface area contributed by atoms with E-state index in [0.717, 1.165) is 26.6 Å². The lowest BCUT2D eigenvalue weighted by molar-refractivity contribution is -0.122. The van der Waals surface area contributed by atoms with Crippen LogP contribution in [0.1, 0.15) is 6.42 Å². The second kappa shape index (κ2) is 8.09. The molecular formula is C23H17ClN4O2S. The van der Waals surface area contributed by atoms with Crippen molar-refractivity contribution in [3.05, 3.63) is 71.9 Å². The Morgan fingerprint density at radius 1 is 1.10 bits per heavy atom. The van der Waals surface area contributed by atoms with Gasteiger partial charge in [-0.1, -0.05) is 22.9 Å². The van der Waals surface area contributed by atoms with Crippen LogP contribution < -0.4 is 10.2 Å². The van der Waals surface area contributed by atoms with E-state index in [0.29, 0.717) is 17.3 Å². The lowest BCUT2D eigenvalue weighted by Gasteiger charge is -2.16. The van der Waals surface area contributed by atoms with Gasteiger partial charge in [0.05, 0.1) is 5.92 Å². The topological polar surface area (TPSA) is 75.2 Å². The molecule has 4 aromatic rings. The van der Waals surface area contributed by atoms with Gasteiger partial charge in [-0.05, 0) is 60.7 Å². The van der Waals surface area contributed by atoms with Crippen LogP contribution in [0.4, 0.5) is 11.4 Å². The van der Waals surface area contributed by atoms with Gasteiger partial charge in [0.15, 0.2) is 0 Å². The van der Waals surface area contributed by atoms with E-state index in [2.05, 4.69) is 15.3 Å². The molecule has 1 atom stereocenters. The lowest BCUT2D eigenvalue weighted by atomic mass is 10.1. The van der Waals surface area contributed by atoms with Gasteiger partial charge in [-0.3, -0.25) is 9.59 Å². The number of nitrogens with one attached hydrogen (secondary N) is 1. The number of hydrogen-bond acceptors (Lipinski definition) is 5. The molecule has 154 valence electrons. The van der Waals surface area contributed by atoms with Gasteiger partial charge in [0.1, 0.15) is 15.4 Å². The zero-order valence-electron chi connectivity index (χ0n) is 16.3. The summed E-state index contributed by atoms with van der Waals surface area (Å²) in [6, 6.07) is 18.4. The molecule has 6 nitrogen and oxygen atoms in total. The zero-order chi connectivity index (χ0) is 21.4. The number of carbonyl (C=O) groups excluding carboxylic acids is 2. The molecule has 0 bridgehead atoms. The minimum Gasteiger partial charge on any atom is -0.326 e. The van der Waals surface area contributed by atoms with E-state index in [4.69, 9.17) is 11.6 Å². The van der Waals surface area contributed by atoms with Crippen molar-refractivity contribution in [1.82, 2.24) is 9.97 Å². The molecule has 1 N–H and O–H groups in total. The summed E-state index contributed by atoms with van der Waals surface area (Å²) in [4.78, 5) is 36.6. The maximum atomic E-state index is 12.7. The minimum absolute atomic E-state index is 0.0673. The maximum Gasteiger partial charge on any atom is 0.229 e. The van der Waals surface area contributed by atoms with E-state index in [-0.39, 0.29) is 18.2 Å². The van der Waals surface area contributed by atoms with Crippen molar-refractivity contribution < 1.29 is 9.59 Å². The Labute approximate surface area is 187 Å². The SMILES string of the molecule is O=C(Nc1ccc(-c2nc3cccnc3s2)cc1)C1CC(=O)N(c2ccc(Cl)cc2)C1. The third kappa shape index (κ3) is 4.02. The summed E-state index contributed by atoms with van der Waals surface area (Å²) in [6.45, 7) is 0.350. The number of halogens is 1. The Kier molecular flexibility index (Phi) is 5.13. The molecule has 3 heterocycles. The molecule has 0 spiro atoms. The molecule has 2 aromatic carbocycles. The van der Waals surface area contributed by atoms with E-state index in [1.54, 1.807) is 35.4 Å². The number of benzene rings is 2. The molecule has 1 aliphatic heterocycles. The third-order valence-corrected chi connectivity index (χ3v) is 6.48. The van der Waals surface area contributed by atoms with Gasteiger partial charge in [-0.2, -0.15) is 0 Å². The smallest absolute Gasteiger partial charge is 0.229 e. The Hall–Kier alpha value is -3.29. The first kappa shape index (κ1) is 19.7. The fraction of sp³-hybridized carbons (Fsp3) is 0.130. The van der Waals surface area contributed by atoms with Crippen molar-refractivity contribution in [2.24, 2.45) is 5.92 Å². The molecule has 0 radical (unpaired) electrons. The number of anilines is 2. The fourth-order valence-corrected chi connectivity index (χ4v) is 4.63. The van der Waals surface area contributed by atoms with Crippen LogP contribution in [-0.2, 0) is 9.59 Å². The molecule has 1 aliphatic rings. The Morgan fingerprint density at radius 2 is 1.87 bits per heavy atom. The van der Waals surface area contributed by atoms with Crippen LogP contribution in [0.15, 0.2) is 66.9 Å². The summed E-state index contributed by atoms with van der Waals surface area (Å²) in [5.41, 5.74) is 3.27. The van der Waals surface area contributed by atoms with Crippen molar-refractivity contribution in [3.8, 4) is 10.6 Å². The van der Waals surface area contributed by atoms with Crippen LogP contribution in [0, 0.1) is 5.92 Å². The first-order valence-corrected chi connectivity index (χ1v) is 10.9. The van der Waals surface area contributed by atoms with E-state index < -0.39 is 5.92 Å². The van der Waals surface area contributed by atoms with Gasteiger partial charge in [0, 0.05) is 41.1 Å². The molecule has 5 rings (SSSR count). The number of hydrogen-bond donors (Lipinski definition) is 1. The first-order chi connectivity index (χ1) is 15.1. The summed E-state index contributed by atoms with van der Waals surface area (Å²) < 4.78 is 0. The maximum absolute atomic E-state index is 12.7. The second-order valence-electron chi connectivity index (χ2n) is 7.30. The summed E-state index contributed by atoms with van der Waals surface area (Å²) in [7, 11) is 0. The van der Waals surface area contributed by atoms with E-state index in [1.165, 1.54) is 11.3 Å². The summed E-state index contributed by atoms with van der Waals surface area (Å²) in [5.74, 6) is -0.637. The molecule has 1 saturated heterocycles. The molecule has 2 aromatic heterocycles. The van der Waals surface area contributed by atoms with Crippen molar-refractivity contribution >= 4 is 56.5 Å². The zero-order valence-corrected chi connectivity index (χ0v) is 17.9. The van der Waals surface area contributed by atoms with E-state index >= 15 is 0 Å². The molecule has 1 unspecified atom stereocenters. The number of aromatic nitrogens is 2. The van der Waals surface area contributed by atoms with E-state index in [1.807, 2.05) is 36.4 Å². The summed E-state index contributed by atoms with van der Waals surface area (Å²) in [5, 5.41) is 4.41. The average Bonchev–Trinajstić information content (AvgIpc) is 3.39. The summed E-state index contributed by atoms with van der Waals surface area (Å²) in [6.07, 6.45) is 1.94. The van der Waals surface area contributed by atoms with Crippen molar-refractivity contribution in [2.45, 2.75) is 6.42 Å². The van der Waals surface area contributed by atoms with Gasteiger partial charge < -0.3 is 10.2 Å². The van der Waals surface area contributed by atoms with Crippen molar-refractivity contribution in [1.29, 1.82) is 0 Å². The largest absolute Gasteiger partial charge is 0.326 e. The van der Waals surface area contributed by atoms with Crippen molar-refractivity contribution in [2.75, 3.05) is 16.8 Å². The van der Waals surface area contributed by atoms with Gasteiger partial charge >= 0.3 is 0 Å². The minimum atomic E-state index is -0.404. The number of carbonyl (C=O) groups is 2. The lowest BCUT2D eigenvalue weighted by Crippen LogP contribution is -2.28. The van der Waals surface area contributed by atoms with Gasteiger partial charge in [-0.15, -0.1) is 0 Å². The van der Waals surface area contributed by atoms with Gasteiger partial charge in [0.25, 0.3) is 0 Å². The Bertz CT molecular complexity index is 1240. The predicted octanol–water partition coefficient (Wildman–Crippen LogP) is 5.00. The van der Waals surface area contributed by atoms with Gasteiger partial charge in [0.2, 0.25) is 11.8 Å². The van der Waals surface area contributed by atoms with Crippen LogP contribution in [0.3, 0.4) is 0 Å². The molecule has 1 fully saturated rings. The van der Waals surface area contributed by atoms with Crippen LogP contribution >= 0.6 is 22.9 Å². The fourth-order valence-electron chi connectivity index (χ4n) is 3.59. The number of nitrogens with zero attached hydrogens (tertiary/aromatic N) is 3. The number of fused-ring (bicyclic) bond motifs is 1. The van der Waals surface area contributed by atoms with Crippen LogP contribution in [0.2, 0.25) is 5.02 Å². The molecule has 31 heavy (non-hydrogen) atoms. The van der Waals surface area contributed by atoms with Crippen LogP contribution in [0.5, 0.6) is 0 Å². The highest BCUT2D eigenvalue weighted by Gasteiger charge is 2.35. The van der Waals surface area contributed by atoms with Crippen LogP contribution in [0.25, 0.3) is 20.9 Å². The highest BCUT2D eigenvalue weighted by Crippen LogP contribution is 2.30. The monoisotopic (exact) mass is 448 g/mol. The number of pyridine rings is 1. The molecular weight excluding hydrogens is 432 g/mol. The van der Waals surface area contributed by atoms with Crippen molar-refractivity contribution in [3.63, 3.8) is 0 Å². The molecule has 2 amide bonds. The third-order valence-electron chi connectivity index (χ3n) is 5.20.